The molecule has 23 heavy (non-hydrogen) atoms. The molecule has 0 amide bonds. The Morgan fingerprint density at radius 3 is 2.61 bits per heavy atom. The average Bonchev–Trinajstić information content (AvgIpc) is 2.43. The first kappa shape index (κ1) is 17.1. The summed E-state index contributed by atoms with van der Waals surface area (Å²) in [6, 6.07) is 3.78. The summed E-state index contributed by atoms with van der Waals surface area (Å²) in [7, 11) is 0. The van der Waals surface area contributed by atoms with E-state index in [-0.39, 0.29) is 0 Å². The Kier molecular flexibility index (Phi) is 5.12. The molecule has 2 rings (SSSR count). The van der Waals surface area contributed by atoms with Gasteiger partial charge in [0, 0.05) is 16.7 Å². The molecule has 0 aromatic heterocycles. The lowest BCUT2D eigenvalue weighted by Crippen LogP contribution is -2.32. The maximum absolute atomic E-state index is 10.4. The van der Waals surface area contributed by atoms with Gasteiger partial charge in [0.15, 0.2) is 0 Å². The molecule has 120 valence electrons. The number of rotatable bonds is 4. The van der Waals surface area contributed by atoms with Crippen LogP contribution in [0, 0.1) is 6.92 Å². The zero-order valence-electron chi connectivity index (χ0n) is 13.3. The minimum atomic E-state index is -0.966. The van der Waals surface area contributed by atoms with Crippen LogP contribution in [0.25, 0.3) is 6.08 Å². The molecule has 1 aromatic rings. The summed E-state index contributed by atoms with van der Waals surface area (Å²) in [5.41, 5.74) is 2.54. The average molecular weight is 331 g/mol. The second kappa shape index (κ2) is 6.88. The first-order valence-corrected chi connectivity index (χ1v) is 7.63. The molecule has 1 aliphatic heterocycles. The van der Waals surface area contributed by atoms with Crippen molar-refractivity contribution in [3.63, 3.8) is 0 Å². The van der Waals surface area contributed by atoms with Crippen molar-refractivity contribution in [2.45, 2.75) is 26.4 Å². The van der Waals surface area contributed by atoms with Crippen molar-refractivity contribution in [3.05, 3.63) is 70.3 Å². The fraction of sp³-hybridized carbons (Fsp3) is 0.211. The molecule has 0 spiro atoms. The molecule has 4 heteroatoms. The van der Waals surface area contributed by atoms with E-state index in [1.54, 1.807) is 12.2 Å². The summed E-state index contributed by atoms with van der Waals surface area (Å²) in [4.78, 5) is 10.4. The highest BCUT2D eigenvalue weighted by Gasteiger charge is 2.29. The minimum absolute atomic E-state index is 0.452. The van der Waals surface area contributed by atoms with Crippen LogP contribution >= 0.6 is 11.6 Å². The predicted octanol–water partition coefficient (Wildman–Crippen LogP) is 4.96. The summed E-state index contributed by atoms with van der Waals surface area (Å²) in [6.07, 6.45) is 11.9. The van der Waals surface area contributed by atoms with Gasteiger partial charge in [0.05, 0.1) is 0 Å². The molecule has 0 saturated carbocycles. The van der Waals surface area contributed by atoms with Crippen molar-refractivity contribution >= 4 is 23.6 Å². The highest BCUT2D eigenvalue weighted by molar-refractivity contribution is 6.30. The molecule has 1 N–H and O–H groups in total. The highest BCUT2D eigenvalue weighted by atomic mass is 35.5. The number of hydrogen-bond donors (Lipinski definition) is 1. The Balaban J connectivity index is 2.26. The van der Waals surface area contributed by atoms with Gasteiger partial charge in [-0.3, -0.25) is 0 Å². The van der Waals surface area contributed by atoms with Crippen LogP contribution in [0.1, 0.15) is 25.0 Å². The van der Waals surface area contributed by atoms with Crippen LogP contribution in [0.3, 0.4) is 0 Å². The van der Waals surface area contributed by atoms with Gasteiger partial charge in [-0.05, 0) is 50.1 Å². The third kappa shape index (κ3) is 4.36. The predicted molar refractivity (Wildman–Crippen MR) is 93.9 cm³/mol. The van der Waals surface area contributed by atoms with Gasteiger partial charge in [0.2, 0.25) is 0 Å². The maximum Gasteiger partial charge on any atom is 0.328 e. The zero-order valence-corrected chi connectivity index (χ0v) is 14.1. The van der Waals surface area contributed by atoms with Gasteiger partial charge in [-0.15, -0.1) is 0 Å². The number of aryl methyl sites for hydroxylation is 1. The third-order valence-electron chi connectivity index (χ3n) is 3.48. The monoisotopic (exact) mass is 330 g/mol. The fourth-order valence-corrected chi connectivity index (χ4v) is 2.61. The summed E-state index contributed by atoms with van der Waals surface area (Å²) in [5.74, 6) is -0.108. The molecule has 0 atom stereocenters. The summed E-state index contributed by atoms with van der Waals surface area (Å²) < 4.78 is 6.13. The molecule has 0 fully saturated rings. The fourth-order valence-electron chi connectivity index (χ4n) is 2.33. The van der Waals surface area contributed by atoms with E-state index < -0.39 is 11.6 Å². The van der Waals surface area contributed by atoms with E-state index in [9.17, 15) is 4.79 Å². The molecule has 0 bridgehead atoms. The van der Waals surface area contributed by atoms with Gasteiger partial charge in [-0.25, -0.2) is 4.79 Å². The Morgan fingerprint density at radius 1 is 1.22 bits per heavy atom. The van der Waals surface area contributed by atoms with Crippen molar-refractivity contribution in [2.75, 3.05) is 0 Å². The summed E-state index contributed by atoms with van der Waals surface area (Å²) >= 11 is 6.12. The number of aliphatic carboxylic acids is 1. The van der Waals surface area contributed by atoms with E-state index in [1.807, 2.05) is 45.1 Å². The molecule has 1 aliphatic rings. The first-order chi connectivity index (χ1) is 10.8. The van der Waals surface area contributed by atoms with E-state index in [1.165, 1.54) is 6.08 Å². The number of fused-ring (bicyclic) bond motifs is 1. The van der Waals surface area contributed by atoms with Crippen LogP contribution in [0.5, 0.6) is 5.75 Å². The van der Waals surface area contributed by atoms with Crippen LogP contribution in [-0.4, -0.2) is 16.7 Å². The number of benzene rings is 1. The van der Waals surface area contributed by atoms with Crippen molar-refractivity contribution in [3.8, 4) is 5.75 Å². The number of carbonyl (C=O) groups is 1. The van der Waals surface area contributed by atoms with Crippen molar-refractivity contribution in [2.24, 2.45) is 0 Å². The Hall–Kier alpha value is -2.26. The highest BCUT2D eigenvalue weighted by Crippen LogP contribution is 2.39. The zero-order chi connectivity index (χ0) is 17.0. The van der Waals surface area contributed by atoms with Crippen LogP contribution in [0.15, 0.2) is 54.2 Å². The number of hydrogen-bond acceptors (Lipinski definition) is 2. The van der Waals surface area contributed by atoms with E-state index in [2.05, 4.69) is 6.08 Å². The largest absolute Gasteiger partial charge is 0.482 e. The van der Waals surface area contributed by atoms with Gasteiger partial charge in [-0.2, -0.15) is 0 Å². The van der Waals surface area contributed by atoms with Crippen LogP contribution in [0.2, 0.25) is 5.02 Å². The SMILES string of the molecule is Cc1cc(Cl)cc2c1OC(C)(C)C(C=CC=CC=CC(=O)O)=C2. The van der Waals surface area contributed by atoms with Crippen molar-refractivity contribution in [1.82, 2.24) is 0 Å². The number of ether oxygens (including phenoxy) is 1. The lowest BCUT2D eigenvalue weighted by molar-refractivity contribution is -0.131. The quantitative estimate of drug-likeness (QED) is 0.627. The molecule has 3 nitrogen and oxygen atoms in total. The second-order valence-electron chi connectivity index (χ2n) is 5.79. The third-order valence-corrected chi connectivity index (χ3v) is 3.70. The van der Waals surface area contributed by atoms with Crippen LogP contribution < -0.4 is 4.74 Å². The molecule has 0 radical (unpaired) electrons. The number of allylic oxidation sites excluding steroid dienone is 4. The topological polar surface area (TPSA) is 46.5 Å². The lowest BCUT2D eigenvalue weighted by Gasteiger charge is -2.33. The van der Waals surface area contributed by atoms with Crippen LogP contribution in [0.4, 0.5) is 0 Å². The smallest absolute Gasteiger partial charge is 0.328 e. The molecule has 0 unspecified atom stereocenters. The normalized spacial score (nSPS) is 16.6. The number of carboxylic acid groups (broad SMARTS) is 1. The first-order valence-electron chi connectivity index (χ1n) is 7.25. The van der Waals surface area contributed by atoms with Gasteiger partial charge < -0.3 is 9.84 Å². The van der Waals surface area contributed by atoms with E-state index >= 15 is 0 Å². The Bertz CT molecular complexity index is 737. The van der Waals surface area contributed by atoms with Gasteiger partial charge >= 0.3 is 5.97 Å². The van der Waals surface area contributed by atoms with E-state index in [0.717, 1.165) is 28.5 Å². The Labute approximate surface area is 141 Å². The number of halogens is 1. The van der Waals surface area contributed by atoms with E-state index in [0.29, 0.717) is 5.02 Å². The standard InChI is InChI=1S/C19H19ClO3/c1-13-10-16(20)12-14-11-15(19(2,3)23-18(13)14)8-6-4-5-7-9-17(21)22/h4-12H,1-3H3,(H,21,22). The van der Waals surface area contributed by atoms with Crippen LogP contribution in [-0.2, 0) is 4.79 Å². The summed E-state index contributed by atoms with van der Waals surface area (Å²) in [5, 5.41) is 9.19. The molecule has 1 aromatic carbocycles. The molecule has 1 heterocycles. The van der Waals surface area contributed by atoms with Crippen molar-refractivity contribution in [1.29, 1.82) is 0 Å². The molecule has 0 saturated heterocycles. The Morgan fingerprint density at radius 2 is 1.91 bits per heavy atom. The van der Waals surface area contributed by atoms with Gasteiger partial charge in [0.1, 0.15) is 11.4 Å². The van der Waals surface area contributed by atoms with E-state index in [4.69, 9.17) is 21.4 Å². The van der Waals surface area contributed by atoms with Gasteiger partial charge in [-0.1, -0.05) is 42.0 Å². The molecular formula is C19H19ClO3. The summed E-state index contributed by atoms with van der Waals surface area (Å²) in [6.45, 7) is 6.00. The number of carboxylic acids is 1. The van der Waals surface area contributed by atoms with Gasteiger partial charge in [0.25, 0.3) is 0 Å². The molecular weight excluding hydrogens is 312 g/mol. The lowest BCUT2D eigenvalue weighted by atomic mass is 9.91. The van der Waals surface area contributed by atoms with Crippen molar-refractivity contribution < 1.29 is 14.6 Å². The molecule has 0 aliphatic carbocycles. The minimum Gasteiger partial charge on any atom is -0.482 e. The second-order valence-corrected chi connectivity index (χ2v) is 6.23. The maximum atomic E-state index is 10.4.